The van der Waals surface area contributed by atoms with Gasteiger partial charge in [-0.1, -0.05) is 50.2 Å². The molecule has 7 heteroatoms. The Kier molecular flexibility index (Phi) is 19.0. The van der Waals surface area contributed by atoms with Crippen LogP contribution in [0.4, 0.5) is 0 Å². The van der Waals surface area contributed by atoms with Crippen molar-refractivity contribution in [3.05, 3.63) is 25.3 Å². The largest absolute Gasteiger partial charge is 0.353 e. The molecule has 0 N–H and O–H groups in total. The van der Waals surface area contributed by atoms with E-state index < -0.39 is 15.5 Å². The Morgan fingerprint density at radius 1 is 0.909 bits per heavy atom. The third-order valence-corrected chi connectivity index (χ3v) is 8.57. The summed E-state index contributed by atoms with van der Waals surface area (Å²) in [5, 5.41) is 0. The average Bonchev–Trinajstić information content (AvgIpc) is 2.77. The summed E-state index contributed by atoms with van der Waals surface area (Å²) in [5.74, 6) is 5.53. The normalized spacial score (nSPS) is 20.4. The highest BCUT2D eigenvalue weighted by Crippen LogP contribution is 2.14. The van der Waals surface area contributed by atoms with Crippen LogP contribution in [0.1, 0.15) is 38.5 Å². The van der Waals surface area contributed by atoms with Gasteiger partial charge in [-0.3, -0.25) is 0 Å². The predicted octanol–water partition coefficient (Wildman–Crippen LogP) is 6.75. The van der Waals surface area contributed by atoms with E-state index in [-0.39, 0.29) is 12.6 Å². The molecule has 0 aromatic carbocycles. The highest BCUT2D eigenvalue weighted by molar-refractivity contribution is 7.19. The number of halogens is 1. The molecular weight excluding hydrogens is 468 g/mol. The van der Waals surface area contributed by atoms with E-state index in [1.807, 2.05) is 12.2 Å². The summed E-state index contributed by atoms with van der Waals surface area (Å²) >= 11 is 5.90. The molecule has 0 saturated carbocycles. The summed E-state index contributed by atoms with van der Waals surface area (Å²) in [6.45, 7) is 18.6. The first-order valence-electron chi connectivity index (χ1n) is 11.9. The summed E-state index contributed by atoms with van der Waals surface area (Å²) in [7, 11) is -2.69. The second-order valence-electron chi connectivity index (χ2n) is 9.31. The van der Waals surface area contributed by atoms with Gasteiger partial charge in [0.1, 0.15) is 21.3 Å². The first kappa shape index (κ1) is 32.2. The van der Waals surface area contributed by atoms with Crippen molar-refractivity contribution in [2.45, 2.75) is 89.4 Å². The van der Waals surface area contributed by atoms with E-state index in [2.05, 4.69) is 56.7 Å². The van der Waals surface area contributed by atoms with Crippen LogP contribution in [0.5, 0.6) is 0 Å². The zero-order valence-corrected chi connectivity index (χ0v) is 24.1. The Labute approximate surface area is 210 Å². The van der Waals surface area contributed by atoms with Gasteiger partial charge in [-0.05, 0) is 50.6 Å². The van der Waals surface area contributed by atoms with Crippen LogP contribution in [0.2, 0.25) is 38.3 Å². The van der Waals surface area contributed by atoms with Gasteiger partial charge in [0.25, 0.3) is 0 Å². The molecule has 0 aliphatic carbocycles. The zero-order chi connectivity index (χ0) is 25.0. The van der Waals surface area contributed by atoms with E-state index in [1.54, 1.807) is 0 Å². The van der Waals surface area contributed by atoms with Crippen LogP contribution >= 0.6 is 11.1 Å². The number of rotatable bonds is 8. The van der Waals surface area contributed by atoms with Crippen LogP contribution in [0, 0.1) is 23.8 Å². The molecule has 2 rings (SSSR count). The molecule has 2 saturated heterocycles. The number of hydrogen-bond acceptors (Lipinski definition) is 4. The van der Waals surface area contributed by atoms with Gasteiger partial charge in [0.05, 0.1) is 0 Å². The van der Waals surface area contributed by atoms with Crippen molar-refractivity contribution in [2.75, 3.05) is 26.4 Å². The van der Waals surface area contributed by atoms with E-state index in [0.29, 0.717) is 13.2 Å². The topological polar surface area (TPSA) is 36.9 Å². The Hall–Kier alpha value is -0.836. The van der Waals surface area contributed by atoms with Crippen molar-refractivity contribution < 1.29 is 18.9 Å². The Morgan fingerprint density at radius 2 is 1.42 bits per heavy atom. The van der Waals surface area contributed by atoms with Crippen LogP contribution in [0.15, 0.2) is 25.3 Å². The monoisotopic (exact) mass is 512 g/mol. The summed E-state index contributed by atoms with van der Waals surface area (Å²) in [6, 6.07) is 2.05. The molecule has 2 heterocycles. The second kappa shape index (κ2) is 19.5. The Bertz CT molecular complexity index is 617. The Balaban J connectivity index is 0.000000514. The van der Waals surface area contributed by atoms with Crippen molar-refractivity contribution >= 4 is 26.5 Å². The maximum Gasteiger partial charge on any atom is 0.158 e. The van der Waals surface area contributed by atoms with Gasteiger partial charge in [-0.2, -0.15) is 11.1 Å². The van der Waals surface area contributed by atoms with E-state index in [1.165, 1.54) is 12.8 Å². The van der Waals surface area contributed by atoms with E-state index in [9.17, 15) is 0 Å². The molecule has 2 unspecified atom stereocenters. The van der Waals surface area contributed by atoms with Crippen LogP contribution in [0.3, 0.4) is 0 Å². The van der Waals surface area contributed by atoms with Crippen molar-refractivity contribution in [2.24, 2.45) is 0 Å². The molecule has 0 aromatic heterocycles. The highest BCUT2D eigenvalue weighted by Gasteiger charge is 2.16. The quantitative estimate of drug-likeness (QED) is 0.156. The zero-order valence-electron chi connectivity index (χ0n) is 21.3. The minimum absolute atomic E-state index is 0.0211. The molecule has 4 nitrogen and oxygen atoms in total. The molecule has 2 fully saturated rings. The van der Waals surface area contributed by atoms with Gasteiger partial charge in [0.15, 0.2) is 20.0 Å². The Morgan fingerprint density at radius 3 is 1.79 bits per heavy atom. The number of hydrogen-bond donors (Lipinski definition) is 0. The lowest BCUT2D eigenvalue weighted by Gasteiger charge is -2.21. The lowest BCUT2D eigenvalue weighted by Crippen LogP contribution is -2.24. The second-order valence-corrected chi connectivity index (χ2v) is 20.6. The molecule has 2 aliphatic rings. The van der Waals surface area contributed by atoms with E-state index in [0.717, 1.165) is 51.0 Å². The predicted molar refractivity (Wildman–Crippen MR) is 147 cm³/mol. The molecule has 0 amide bonds. The molecule has 0 spiro atoms. The van der Waals surface area contributed by atoms with Crippen molar-refractivity contribution in [3.63, 3.8) is 0 Å². The van der Waals surface area contributed by atoms with Gasteiger partial charge >= 0.3 is 0 Å². The third-order valence-electron chi connectivity index (χ3n) is 4.68. The lowest BCUT2D eigenvalue weighted by molar-refractivity contribution is -0.154. The van der Waals surface area contributed by atoms with Gasteiger partial charge in [-0.25, -0.2) is 0 Å². The van der Waals surface area contributed by atoms with Crippen molar-refractivity contribution in [3.8, 4) is 23.8 Å². The molecule has 2 aliphatic heterocycles. The summed E-state index contributed by atoms with van der Waals surface area (Å²) in [4.78, 5) is 0. The van der Waals surface area contributed by atoms with Crippen molar-refractivity contribution in [1.82, 2.24) is 0 Å². The summed E-state index contributed by atoms with van der Waals surface area (Å²) in [5.41, 5.74) is 3.34. The fourth-order valence-electron chi connectivity index (χ4n) is 2.99. The lowest BCUT2D eigenvalue weighted by atomic mass is 10.2. The van der Waals surface area contributed by atoms with Crippen LogP contribution < -0.4 is 0 Å². The molecule has 0 bridgehead atoms. The van der Waals surface area contributed by atoms with Crippen molar-refractivity contribution in [1.29, 1.82) is 0 Å². The van der Waals surface area contributed by atoms with E-state index in [4.69, 9.17) is 36.4 Å². The molecule has 33 heavy (non-hydrogen) atoms. The molecular formula is C26H45ClO4Si2. The van der Waals surface area contributed by atoms with Gasteiger partial charge in [-0.15, -0.1) is 25.1 Å². The average molecular weight is 513 g/mol. The number of ether oxygens (including phenoxy) is 4. The van der Waals surface area contributed by atoms with Crippen LogP contribution in [0.25, 0.3) is 0 Å². The fourth-order valence-corrected chi connectivity index (χ4v) is 5.38. The summed E-state index contributed by atoms with van der Waals surface area (Å²) in [6.07, 6.45) is 15.5. The first-order valence-corrected chi connectivity index (χ1v) is 19.4. The van der Waals surface area contributed by atoms with Gasteiger partial charge < -0.3 is 18.9 Å². The molecule has 0 aromatic rings. The number of allylic oxidation sites excluding steroid dienone is 2. The van der Waals surface area contributed by atoms with Crippen LogP contribution in [-0.4, -0.2) is 54.5 Å². The highest BCUT2D eigenvalue weighted by atomic mass is 35.6. The smallest absolute Gasteiger partial charge is 0.158 e. The minimum atomic E-state index is -1.39. The maximum atomic E-state index is 5.90. The maximum absolute atomic E-state index is 5.90. The fraction of sp³-hybridized carbons (Fsp3) is 0.692. The first-order chi connectivity index (χ1) is 15.6. The standard InChI is InChI=1S/C13H22O2Si.C8H12O2.C5H11ClSi/c1-4-11-16(2,3)12-7-10-15-13-8-5-6-9-14-13;1-2-6-9-8-5-3-4-7-10-8;1-4-5-7(2,3)6/h4,13H,1,5-6,8-11H2,2-3H3;1,8H,3-7H2;4H,1,5H2,2-3H3. The van der Waals surface area contributed by atoms with E-state index >= 15 is 0 Å². The van der Waals surface area contributed by atoms with Crippen LogP contribution in [-0.2, 0) is 18.9 Å². The van der Waals surface area contributed by atoms with Gasteiger partial charge in [0, 0.05) is 13.2 Å². The molecule has 0 radical (unpaired) electrons. The molecule has 2 atom stereocenters. The molecule has 188 valence electrons. The minimum Gasteiger partial charge on any atom is -0.353 e. The SMILES string of the molecule is C#CCOC1CCCCO1.C=CC[Si](C)(C)C#CCOC1CCCCO1.C=CC[Si](C)(C)Cl. The third kappa shape index (κ3) is 21.4. The number of terminal acetylenes is 1. The summed E-state index contributed by atoms with van der Waals surface area (Å²) < 4.78 is 21.5. The van der Waals surface area contributed by atoms with Gasteiger partial charge in [0.2, 0.25) is 0 Å².